The van der Waals surface area contributed by atoms with Gasteiger partial charge in [-0.25, -0.2) is 4.98 Å². The second-order valence-electron chi connectivity index (χ2n) is 7.16. The first-order valence-corrected chi connectivity index (χ1v) is 10.7. The fourth-order valence-corrected chi connectivity index (χ4v) is 3.97. The molecule has 1 atom stereocenters. The monoisotopic (exact) mass is 439 g/mol. The van der Waals surface area contributed by atoms with E-state index in [0.717, 1.165) is 16.7 Å². The third kappa shape index (κ3) is 4.61. The Morgan fingerprint density at radius 2 is 1.78 bits per heavy atom. The maximum atomic E-state index is 12.7. The summed E-state index contributed by atoms with van der Waals surface area (Å²) in [4.78, 5) is 17.2. The third-order valence-electron chi connectivity index (χ3n) is 4.88. The van der Waals surface area contributed by atoms with Crippen molar-refractivity contribution in [1.82, 2.24) is 15.2 Å². The van der Waals surface area contributed by atoms with E-state index >= 15 is 0 Å². The molecule has 8 heteroatoms. The van der Waals surface area contributed by atoms with Crippen LogP contribution in [0, 0.1) is 29.6 Å². The van der Waals surface area contributed by atoms with E-state index in [1.54, 1.807) is 29.6 Å². The van der Waals surface area contributed by atoms with E-state index in [0.29, 0.717) is 28.0 Å². The van der Waals surface area contributed by atoms with Crippen LogP contribution in [-0.4, -0.2) is 21.0 Å². The van der Waals surface area contributed by atoms with E-state index in [1.165, 1.54) is 11.3 Å². The van der Waals surface area contributed by atoms with Crippen molar-refractivity contribution >= 4 is 17.1 Å². The van der Waals surface area contributed by atoms with Gasteiger partial charge in [0.15, 0.2) is 11.7 Å². The van der Waals surface area contributed by atoms with Gasteiger partial charge in [-0.05, 0) is 31.2 Å². The molecule has 0 spiro atoms. The lowest BCUT2D eigenvalue weighted by Gasteiger charge is -2.03. The van der Waals surface area contributed by atoms with Gasteiger partial charge in [0.05, 0.1) is 23.4 Å². The van der Waals surface area contributed by atoms with Gasteiger partial charge in [-0.3, -0.25) is 4.79 Å². The van der Waals surface area contributed by atoms with Gasteiger partial charge in [-0.2, -0.15) is 10.5 Å². The van der Waals surface area contributed by atoms with Crippen molar-refractivity contribution in [3.8, 4) is 34.8 Å². The van der Waals surface area contributed by atoms with Gasteiger partial charge in [0, 0.05) is 29.3 Å². The van der Waals surface area contributed by atoms with Crippen molar-refractivity contribution in [2.75, 3.05) is 0 Å². The number of benzene rings is 2. The first-order valence-electron chi connectivity index (χ1n) is 9.85. The minimum absolute atomic E-state index is 0.0968. The molecule has 4 aromatic rings. The number of ketones is 1. The molecule has 4 rings (SSSR count). The number of carbonyl (C=O) groups excluding carboxylic acids is 1. The summed E-state index contributed by atoms with van der Waals surface area (Å²) in [6, 6.07) is 18.8. The molecule has 0 saturated carbocycles. The summed E-state index contributed by atoms with van der Waals surface area (Å²) in [5, 5.41) is 28.8. The highest BCUT2D eigenvalue weighted by molar-refractivity contribution is 7.10. The maximum absolute atomic E-state index is 12.7. The predicted molar refractivity (Wildman–Crippen MR) is 118 cm³/mol. The zero-order chi connectivity index (χ0) is 22.5. The summed E-state index contributed by atoms with van der Waals surface area (Å²) in [6.45, 7) is 2.00. The third-order valence-corrected chi connectivity index (χ3v) is 5.79. The number of nitrogens with zero attached hydrogens (tertiary/aromatic N) is 5. The first kappa shape index (κ1) is 21.1. The standard InChI is InChI=1S/C24H17N5O2S/c1-15-2-6-18(7-3-15)23-29-28-22(31-23)11-10-21(30)19(13-26)24-27-20(14-32-24)17-8-4-16(12-25)5-9-17/h2-9,14,19H,10-11H2,1H3. The molecule has 2 aromatic heterocycles. The van der Waals surface area contributed by atoms with Crippen molar-refractivity contribution in [2.24, 2.45) is 0 Å². The SMILES string of the molecule is Cc1ccc(-c2nnc(CCC(=O)C(C#N)c3nc(-c4ccc(C#N)cc4)cs3)o2)cc1. The maximum Gasteiger partial charge on any atom is 0.247 e. The topological polar surface area (TPSA) is 116 Å². The van der Waals surface area contributed by atoms with E-state index in [9.17, 15) is 10.1 Å². The Morgan fingerprint density at radius 1 is 1.06 bits per heavy atom. The minimum atomic E-state index is -0.952. The van der Waals surface area contributed by atoms with Crippen LogP contribution in [0.5, 0.6) is 0 Å². The zero-order valence-corrected chi connectivity index (χ0v) is 18.0. The van der Waals surface area contributed by atoms with Gasteiger partial charge in [-0.1, -0.05) is 29.8 Å². The van der Waals surface area contributed by atoms with E-state index < -0.39 is 5.92 Å². The highest BCUT2D eigenvalue weighted by Crippen LogP contribution is 2.28. The van der Waals surface area contributed by atoms with Gasteiger partial charge in [-0.15, -0.1) is 21.5 Å². The van der Waals surface area contributed by atoms with E-state index in [1.807, 2.05) is 31.2 Å². The smallest absolute Gasteiger partial charge is 0.247 e. The molecule has 2 heterocycles. The number of carbonyl (C=O) groups is 1. The van der Waals surface area contributed by atoms with Gasteiger partial charge < -0.3 is 4.42 Å². The average molecular weight is 440 g/mol. The molecule has 7 nitrogen and oxygen atoms in total. The van der Waals surface area contributed by atoms with Crippen LogP contribution in [0.1, 0.15) is 34.4 Å². The average Bonchev–Trinajstić information content (AvgIpc) is 3.49. The van der Waals surface area contributed by atoms with Crippen LogP contribution in [0.15, 0.2) is 58.3 Å². The number of aryl methyl sites for hydroxylation is 2. The number of hydrogen-bond acceptors (Lipinski definition) is 8. The number of rotatable bonds is 7. The molecule has 0 fully saturated rings. The second-order valence-corrected chi connectivity index (χ2v) is 8.05. The Hall–Kier alpha value is -4.14. The van der Waals surface area contributed by atoms with Crippen LogP contribution in [0.4, 0.5) is 0 Å². The molecule has 0 amide bonds. The largest absolute Gasteiger partial charge is 0.421 e. The molecular formula is C24H17N5O2S. The number of Topliss-reactive ketones (excluding diaryl/α,β-unsaturated/α-hetero) is 1. The highest BCUT2D eigenvalue weighted by Gasteiger charge is 2.24. The predicted octanol–water partition coefficient (Wildman–Crippen LogP) is 4.85. The first-order chi connectivity index (χ1) is 15.6. The molecule has 156 valence electrons. The van der Waals surface area contributed by atoms with Gasteiger partial charge >= 0.3 is 0 Å². The fraction of sp³-hybridized carbons (Fsp3) is 0.167. The summed E-state index contributed by atoms with van der Waals surface area (Å²) in [6.07, 6.45) is 0.350. The Balaban J connectivity index is 1.41. The Kier molecular flexibility index (Phi) is 6.16. The minimum Gasteiger partial charge on any atom is -0.421 e. The molecule has 0 bridgehead atoms. The summed E-state index contributed by atoms with van der Waals surface area (Å²) >= 11 is 1.27. The van der Waals surface area contributed by atoms with Crippen LogP contribution in [0.25, 0.3) is 22.7 Å². The highest BCUT2D eigenvalue weighted by atomic mass is 32.1. The molecule has 0 radical (unpaired) electrons. The van der Waals surface area contributed by atoms with Gasteiger partial charge in [0.25, 0.3) is 0 Å². The molecule has 0 aliphatic carbocycles. The molecule has 2 aromatic carbocycles. The summed E-state index contributed by atoms with van der Waals surface area (Å²) < 4.78 is 5.67. The normalized spacial score (nSPS) is 11.5. The summed E-state index contributed by atoms with van der Waals surface area (Å²) in [5.41, 5.74) is 3.99. The quantitative estimate of drug-likeness (QED) is 0.404. The zero-order valence-electron chi connectivity index (χ0n) is 17.1. The second kappa shape index (κ2) is 9.34. The van der Waals surface area contributed by atoms with Crippen LogP contribution < -0.4 is 0 Å². The molecule has 32 heavy (non-hydrogen) atoms. The molecule has 0 aliphatic heterocycles. The Morgan fingerprint density at radius 3 is 2.47 bits per heavy atom. The van der Waals surface area contributed by atoms with Gasteiger partial charge in [0.1, 0.15) is 5.01 Å². The Labute approximate surface area is 188 Å². The summed E-state index contributed by atoms with van der Waals surface area (Å²) in [7, 11) is 0. The molecule has 1 unspecified atom stereocenters. The van der Waals surface area contributed by atoms with Crippen LogP contribution >= 0.6 is 11.3 Å². The number of nitriles is 2. The summed E-state index contributed by atoms with van der Waals surface area (Å²) in [5.74, 6) is -0.450. The number of aromatic nitrogens is 3. The Bertz CT molecular complexity index is 1320. The lowest BCUT2D eigenvalue weighted by atomic mass is 10.0. The van der Waals surface area contributed by atoms with E-state index in [4.69, 9.17) is 9.68 Å². The lowest BCUT2D eigenvalue weighted by molar-refractivity contribution is -0.119. The van der Waals surface area contributed by atoms with E-state index in [-0.39, 0.29) is 18.6 Å². The number of thiazole rings is 1. The fourth-order valence-electron chi connectivity index (χ4n) is 3.08. The van der Waals surface area contributed by atoms with Crippen molar-refractivity contribution in [3.63, 3.8) is 0 Å². The molecule has 0 saturated heterocycles. The van der Waals surface area contributed by atoms with Crippen LogP contribution in [-0.2, 0) is 11.2 Å². The van der Waals surface area contributed by atoms with Crippen molar-refractivity contribution in [3.05, 3.63) is 75.9 Å². The van der Waals surface area contributed by atoms with Crippen molar-refractivity contribution in [1.29, 1.82) is 10.5 Å². The van der Waals surface area contributed by atoms with Gasteiger partial charge in [0.2, 0.25) is 11.8 Å². The molecule has 0 N–H and O–H groups in total. The van der Waals surface area contributed by atoms with Crippen molar-refractivity contribution < 1.29 is 9.21 Å². The lowest BCUT2D eigenvalue weighted by Crippen LogP contribution is -2.11. The number of hydrogen-bond donors (Lipinski definition) is 0. The van der Waals surface area contributed by atoms with Crippen LogP contribution in [0.2, 0.25) is 0 Å². The molecular weight excluding hydrogens is 422 g/mol. The van der Waals surface area contributed by atoms with E-state index in [2.05, 4.69) is 27.3 Å². The van der Waals surface area contributed by atoms with Crippen molar-refractivity contribution in [2.45, 2.75) is 25.7 Å². The molecule has 0 aliphatic rings. The van der Waals surface area contributed by atoms with Crippen LogP contribution in [0.3, 0.4) is 0 Å².